The number of carbonyl (C=O) groups is 1. The van der Waals surface area contributed by atoms with E-state index >= 15 is 0 Å². The fourth-order valence-corrected chi connectivity index (χ4v) is 2.31. The monoisotopic (exact) mass is 387 g/mol. The summed E-state index contributed by atoms with van der Waals surface area (Å²) in [5, 5.41) is 18.3. The maximum absolute atomic E-state index is 13.0. The minimum absolute atomic E-state index is 0.0195. The molecule has 148 valence electrons. The van der Waals surface area contributed by atoms with Crippen LogP contribution in [-0.2, 0) is 20.5 Å². The number of carboxylic acid groups (broad SMARTS) is 1. The van der Waals surface area contributed by atoms with Crippen molar-refractivity contribution >= 4 is 17.7 Å². The van der Waals surface area contributed by atoms with E-state index in [-0.39, 0.29) is 36.7 Å². The zero-order valence-electron chi connectivity index (χ0n) is 15.1. The number of halogens is 3. The van der Waals surface area contributed by atoms with Gasteiger partial charge in [0.15, 0.2) is 5.84 Å². The summed E-state index contributed by atoms with van der Waals surface area (Å²) in [5.41, 5.74) is -1.75. The van der Waals surface area contributed by atoms with Gasteiger partial charge in [-0.3, -0.25) is 4.79 Å². The molecule has 0 bridgehead atoms. The first-order chi connectivity index (χ1) is 12.5. The average molecular weight is 387 g/mol. The molecule has 0 radical (unpaired) electrons. The number of hydrazone groups is 1. The lowest BCUT2D eigenvalue weighted by Gasteiger charge is -2.27. The van der Waals surface area contributed by atoms with Crippen molar-refractivity contribution in [1.82, 2.24) is 5.01 Å². The molecule has 1 aromatic carbocycles. The Hall–Kier alpha value is -2.78. The van der Waals surface area contributed by atoms with Crippen LogP contribution in [0.4, 0.5) is 13.2 Å². The molecule has 0 amide bonds. The van der Waals surface area contributed by atoms with Gasteiger partial charge in [-0.15, -0.1) is 5.10 Å². The third kappa shape index (κ3) is 5.11. The van der Waals surface area contributed by atoms with Gasteiger partial charge in [0.2, 0.25) is 11.6 Å². The van der Waals surface area contributed by atoms with E-state index in [0.717, 1.165) is 12.1 Å². The maximum Gasteiger partial charge on any atom is 0.416 e. The number of amidine groups is 1. The van der Waals surface area contributed by atoms with Gasteiger partial charge < -0.3 is 14.7 Å². The molecule has 2 rings (SSSR count). The minimum atomic E-state index is -4.50. The Kier molecular flexibility index (Phi) is 5.97. The molecule has 27 heavy (non-hydrogen) atoms. The predicted octanol–water partition coefficient (Wildman–Crippen LogP) is 3.65. The normalized spacial score (nSPS) is 16.7. The quantitative estimate of drug-likeness (QED) is 0.595. The number of ether oxygens (including phenoxy) is 1. The second kappa shape index (κ2) is 7.85. The van der Waals surface area contributed by atoms with Crippen molar-refractivity contribution in [3.63, 3.8) is 0 Å². The number of carboxylic acids is 1. The first-order valence-electron chi connectivity index (χ1n) is 8.20. The van der Waals surface area contributed by atoms with Crippen molar-refractivity contribution < 1.29 is 32.6 Å². The van der Waals surface area contributed by atoms with Crippen LogP contribution in [0.1, 0.15) is 44.7 Å². The highest BCUT2D eigenvalue weighted by Gasteiger charge is 2.40. The Bertz CT molecular complexity index is 760. The first kappa shape index (κ1) is 20.5. The average Bonchev–Trinajstić information content (AvgIpc) is 2.87. The smallest absolute Gasteiger partial charge is 0.416 e. The van der Waals surface area contributed by atoms with Crippen molar-refractivity contribution in [2.75, 3.05) is 6.61 Å². The summed E-state index contributed by atoms with van der Waals surface area (Å²) in [6.45, 7) is 5.22. The summed E-state index contributed by atoms with van der Waals surface area (Å²) < 4.78 is 44.4. The molecule has 1 aromatic rings. The van der Waals surface area contributed by atoms with Crippen LogP contribution in [0, 0.1) is 0 Å². The molecule has 10 heteroatoms. The van der Waals surface area contributed by atoms with Gasteiger partial charge in [-0.1, -0.05) is 17.3 Å². The number of oxime groups is 1. The topological polar surface area (TPSA) is 83.7 Å². The zero-order chi connectivity index (χ0) is 20.2. The second-order valence-electron chi connectivity index (χ2n) is 6.16. The van der Waals surface area contributed by atoms with E-state index in [1.165, 1.54) is 17.1 Å². The molecule has 0 fully saturated rings. The van der Waals surface area contributed by atoms with Crippen molar-refractivity contribution in [2.24, 2.45) is 10.3 Å². The van der Waals surface area contributed by atoms with Crippen LogP contribution in [0.3, 0.4) is 0 Å². The number of hydrogen-bond acceptors (Lipinski definition) is 6. The molecule has 1 N–H and O–H groups in total. The van der Waals surface area contributed by atoms with Crippen molar-refractivity contribution in [3.05, 3.63) is 35.4 Å². The predicted molar refractivity (Wildman–Crippen MR) is 90.9 cm³/mol. The molecule has 0 saturated carbocycles. The molecule has 1 heterocycles. The van der Waals surface area contributed by atoms with Gasteiger partial charge in [-0.25, -0.2) is 0 Å². The number of hydrogen-bond donors (Lipinski definition) is 1. The highest BCUT2D eigenvalue weighted by Crippen LogP contribution is 2.32. The Balaban J connectivity index is 2.39. The van der Waals surface area contributed by atoms with Crippen LogP contribution >= 0.6 is 0 Å². The number of rotatable bonds is 6. The Morgan fingerprint density at radius 1 is 1.37 bits per heavy atom. The zero-order valence-corrected chi connectivity index (χ0v) is 15.1. The molecule has 1 aliphatic heterocycles. The van der Waals surface area contributed by atoms with Crippen LogP contribution in [0.2, 0.25) is 0 Å². The number of benzene rings is 1. The first-order valence-corrected chi connectivity index (χ1v) is 8.20. The molecular weight excluding hydrogens is 367 g/mol. The summed E-state index contributed by atoms with van der Waals surface area (Å²) >= 11 is 0. The Morgan fingerprint density at radius 3 is 2.67 bits per heavy atom. The molecular formula is C17H20F3N3O4. The number of aliphatic carboxylic acids is 1. The summed E-state index contributed by atoms with van der Waals surface area (Å²) in [7, 11) is 0. The second-order valence-corrected chi connectivity index (χ2v) is 6.16. The van der Waals surface area contributed by atoms with E-state index in [1.807, 2.05) is 0 Å². The molecule has 0 aliphatic carbocycles. The number of nitrogens with zero attached hydrogens (tertiary/aromatic N) is 3. The van der Waals surface area contributed by atoms with E-state index in [0.29, 0.717) is 0 Å². The molecule has 0 atom stereocenters. The van der Waals surface area contributed by atoms with Crippen LogP contribution in [-0.4, -0.2) is 40.1 Å². The van der Waals surface area contributed by atoms with Crippen LogP contribution in [0.15, 0.2) is 34.5 Å². The Morgan fingerprint density at radius 2 is 2.07 bits per heavy atom. The van der Waals surface area contributed by atoms with E-state index in [2.05, 4.69) is 10.3 Å². The SMILES string of the molecule is CCOC(CCC(=O)O)=NN1C(c2cccc(C(F)(F)F)c2)=NOC1(C)C. The molecule has 0 saturated heterocycles. The third-order valence-corrected chi connectivity index (χ3v) is 3.59. The maximum atomic E-state index is 13.0. The summed E-state index contributed by atoms with van der Waals surface area (Å²) in [6, 6.07) is 4.63. The van der Waals surface area contributed by atoms with Gasteiger partial charge in [0.05, 0.1) is 18.6 Å². The van der Waals surface area contributed by atoms with Gasteiger partial charge in [0, 0.05) is 12.0 Å². The highest BCUT2D eigenvalue weighted by atomic mass is 19.4. The van der Waals surface area contributed by atoms with Gasteiger partial charge in [0.25, 0.3) is 0 Å². The fraction of sp³-hybridized carbons (Fsp3) is 0.471. The third-order valence-electron chi connectivity index (χ3n) is 3.59. The van der Waals surface area contributed by atoms with Crippen LogP contribution in [0.25, 0.3) is 0 Å². The standard InChI is InChI=1S/C17H20F3N3O4/c1-4-26-13(8-9-14(24)25)21-23-15(22-27-16(23,2)3)11-6-5-7-12(10-11)17(18,19)20/h5-7,10H,4,8-9H2,1-3H3,(H,24,25). The van der Waals surface area contributed by atoms with Crippen LogP contribution in [0.5, 0.6) is 0 Å². The lowest BCUT2D eigenvalue weighted by molar-refractivity contribution is -0.138. The van der Waals surface area contributed by atoms with Gasteiger partial charge in [-0.2, -0.15) is 18.2 Å². The van der Waals surface area contributed by atoms with E-state index in [4.69, 9.17) is 14.7 Å². The van der Waals surface area contributed by atoms with Gasteiger partial charge in [-0.05, 0) is 32.9 Å². The molecule has 1 aliphatic rings. The fourth-order valence-electron chi connectivity index (χ4n) is 2.31. The summed E-state index contributed by atoms with van der Waals surface area (Å²) in [6.07, 6.45) is -4.69. The highest BCUT2D eigenvalue weighted by molar-refractivity contribution is 6.00. The molecule has 0 spiro atoms. The Labute approximate surface area is 154 Å². The van der Waals surface area contributed by atoms with Crippen molar-refractivity contribution in [2.45, 2.75) is 45.5 Å². The van der Waals surface area contributed by atoms with Crippen molar-refractivity contribution in [3.8, 4) is 0 Å². The van der Waals surface area contributed by atoms with Gasteiger partial charge >= 0.3 is 12.1 Å². The lowest BCUT2D eigenvalue weighted by Crippen LogP contribution is -2.41. The number of alkyl halides is 3. The van der Waals surface area contributed by atoms with Gasteiger partial charge in [0.1, 0.15) is 0 Å². The van der Waals surface area contributed by atoms with E-state index < -0.39 is 23.4 Å². The lowest BCUT2D eigenvalue weighted by atomic mass is 10.1. The molecule has 7 nitrogen and oxygen atoms in total. The summed E-state index contributed by atoms with van der Waals surface area (Å²) in [5.74, 6) is -0.831. The molecule has 0 unspecified atom stereocenters. The van der Waals surface area contributed by atoms with E-state index in [1.54, 1.807) is 20.8 Å². The largest absolute Gasteiger partial charge is 0.481 e. The molecule has 0 aromatic heterocycles. The summed E-state index contributed by atoms with van der Waals surface area (Å²) in [4.78, 5) is 16.1. The minimum Gasteiger partial charge on any atom is -0.481 e. The van der Waals surface area contributed by atoms with Crippen LogP contribution < -0.4 is 0 Å². The van der Waals surface area contributed by atoms with E-state index in [9.17, 15) is 18.0 Å². The van der Waals surface area contributed by atoms with Crippen molar-refractivity contribution in [1.29, 1.82) is 0 Å².